The van der Waals surface area contributed by atoms with E-state index in [4.69, 9.17) is 0 Å². The van der Waals surface area contributed by atoms with E-state index in [1.807, 2.05) is 6.08 Å². The summed E-state index contributed by atoms with van der Waals surface area (Å²) in [4.78, 5) is 12.3. The molecule has 0 bridgehead atoms. The van der Waals surface area contributed by atoms with Crippen molar-refractivity contribution in [2.45, 2.75) is 174 Å². The van der Waals surface area contributed by atoms with E-state index in [-0.39, 0.29) is 12.5 Å². The monoisotopic (exact) mass is 547 g/mol. The lowest BCUT2D eigenvalue weighted by Crippen LogP contribution is -2.45. The number of rotatable bonds is 29. The summed E-state index contributed by atoms with van der Waals surface area (Å²) >= 11 is 0. The Morgan fingerprint density at radius 1 is 0.615 bits per heavy atom. The second-order valence-corrected chi connectivity index (χ2v) is 11.2. The predicted molar refractivity (Wildman–Crippen MR) is 170 cm³/mol. The minimum Gasteiger partial charge on any atom is -0.394 e. The number of aliphatic hydroxyl groups excluding tert-OH is 2. The number of carbonyl (C=O) groups is 1. The van der Waals surface area contributed by atoms with Crippen molar-refractivity contribution in [2.75, 3.05) is 6.61 Å². The Hall–Kier alpha value is -1.39. The zero-order valence-corrected chi connectivity index (χ0v) is 25.9. The van der Waals surface area contributed by atoms with Gasteiger partial charge in [-0.15, -0.1) is 0 Å². The summed E-state index contributed by atoms with van der Waals surface area (Å²) in [6.45, 7) is 4.24. The van der Waals surface area contributed by atoms with Crippen molar-refractivity contribution in [1.82, 2.24) is 5.32 Å². The maximum Gasteiger partial charge on any atom is 0.220 e. The van der Waals surface area contributed by atoms with Gasteiger partial charge in [0.2, 0.25) is 5.91 Å². The molecule has 4 heteroatoms. The number of nitrogens with one attached hydrogen (secondary N) is 1. The maximum atomic E-state index is 12.3. The van der Waals surface area contributed by atoms with Crippen LogP contribution >= 0.6 is 0 Å². The molecule has 0 saturated heterocycles. The van der Waals surface area contributed by atoms with Crippen LogP contribution in [0.1, 0.15) is 162 Å². The van der Waals surface area contributed by atoms with Crippen LogP contribution in [0.3, 0.4) is 0 Å². The maximum absolute atomic E-state index is 12.3. The number of amides is 1. The highest BCUT2D eigenvalue weighted by atomic mass is 16.3. The Bertz CT molecular complexity index is 599. The molecule has 0 spiro atoms. The Kier molecular flexibility index (Phi) is 30.0. The summed E-state index contributed by atoms with van der Waals surface area (Å²) in [7, 11) is 0. The van der Waals surface area contributed by atoms with Crippen molar-refractivity contribution in [3.8, 4) is 0 Å². The molecule has 3 N–H and O–H groups in total. The first kappa shape index (κ1) is 37.6. The molecule has 4 nitrogen and oxygen atoms in total. The average Bonchev–Trinajstić information content (AvgIpc) is 2.94. The summed E-state index contributed by atoms with van der Waals surface area (Å²) in [6.07, 6.45) is 39.3. The molecular formula is C35H65NO3. The molecular weight excluding hydrogens is 482 g/mol. The van der Waals surface area contributed by atoms with E-state index < -0.39 is 12.1 Å². The van der Waals surface area contributed by atoms with Gasteiger partial charge in [0.25, 0.3) is 0 Å². The van der Waals surface area contributed by atoms with E-state index in [2.05, 4.69) is 43.5 Å². The highest BCUT2D eigenvalue weighted by Crippen LogP contribution is 2.12. The van der Waals surface area contributed by atoms with Crippen molar-refractivity contribution in [1.29, 1.82) is 0 Å². The van der Waals surface area contributed by atoms with E-state index in [0.29, 0.717) is 6.42 Å². The third-order valence-corrected chi connectivity index (χ3v) is 7.37. The molecule has 0 aliphatic carbocycles. The molecule has 0 saturated carbocycles. The molecule has 0 rings (SSSR count). The second-order valence-electron chi connectivity index (χ2n) is 11.2. The first-order chi connectivity index (χ1) is 19.2. The van der Waals surface area contributed by atoms with Crippen LogP contribution < -0.4 is 5.32 Å². The Labute approximate surface area is 242 Å². The van der Waals surface area contributed by atoms with E-state index in [1.165, 1.54) is 96.3 Å². The summed E-state index contributed by atoms with van der Waals surface area (Å²) in [6, 6.07) is -0.626. The largest absolute Gasteiger partial charge is 0.394 e. The van der Waals surface area contributed by atoms with Gasteiger partial charge in [-0.1, -0.05) is 140 Å². The molecule has 0 fully saturated rings. The van der Waals surface area contributed by atoms with Crippen LogP contribution in [-0.2, 0) is 4.79 Å². The predicted octanol–water partition coefficient (Wildman–Crippen LogP) is 9.51. The molecule has 0 aliphatic heterocycles. The van der Waals surface area contributed by atoms with Crippen molar-refractivity contribution in [3.63, 3.8) is 0 Å². The van der Waals surface area contributed by atoms with Crippen molar-refractivity contribution in [2.24, 2.45) is 0 Å². The smallest absolute Gasteiger partial charge is 0.220 e. The second kappa shape index (κ2) is 31.1. The first-order valence-corrected chi connectivity index (χ1v) is 16.7. The molecule has 39 heavy (non-hydrogen) atoms. The zero-order chi connectivity index (χ0) is 28.7. The number of hydrogen-bond donors (Lipinski definition) is 3. The molecule has 2 unspecified atom stereocenters. The quantitative estimate of drug-likeness (QED) is 0.0645. The van der Waals surface area contributed by atoms with Crippen LogP contribution in [0.4, 0.5) is 0 Å². The van der Waals surface area contributed by atoms with Gasteiger partial charge in [0.1, 0.15) is 0 Å². The van der Waals surface area contributed by atoms with Crippen LogP contribution in [0, 0.1) is 0 Å². The van der Waals surface area contributed by atoms with Crippen LogP contribution in [0.5, 0.6) is 0 Å². The minimum absolute atomic E-state index is 0.0816. The van der Waals surface area contributed by atoms with Gasteiger partial charge >= 0.3 is 0 Å². The van der Waals surface area contributed by atoms with Gasteiger partial charge in [0, 0.05) is 6.42 Å². The lowest BCUT2D eigenvalue weighted by molar-refractivity contribution is -0.123. The van der Waals surface area contributed by atoms with Gasteiger partial charge in [0.15, 0.2) is 0 Å². The van der Waals surface area contributed by atoms with Crippen LogP contribution in [-0.4, -0.2) is 34.9 Å². The molecule has 228 valence electrons. The molecule has 2 atom stereocenters. The lowest BCUT2D eigenvalue weighted by atomic mass is 10.1. The molecule has 0 aliphatic rings. The lowest BCUT2D eigenvalue weighted by Gasteiger charge is -2.20. The van der Waals surface area contributed by atoms with Crippen molar-refractivity contribution < 1.29 is 15.0 Å². The van der Waals surface area contributed by atoms with E-state index >= 15 is 0 Å². The fraction of sp³-hybridized carbons (Fsp3) is 0.800. The van der Waals surface area contributed by atoms with Gasteiger partial charge in [-0.25, -0.2) is 0 Å². The van der Waals surface area contributed by atoms with Gasteiger partial charge in [-0.05, 0) is 51.4 Å². The van der Waals surface area contributed by atoms with Crippen LogP contribution in [0.15, 0.2) is 36.5 Å². The SMILES string of the molecule is CCCCC/C=C\C/C=C\CCCCCCCC(=O)NC(CO)C(O)/C=C/CCCCCCCCCCCC. The molecule has 0 heterocycles. The third kappa shape index (κ3) is 28.0. The molecule has 0 aromatic rings. The van der Waals surface area contributed by atoms with Crippen LogP contribution in [0.2, 0.25) is 0 Å². The molecule has 1 amide bonds. The zero-order valence-electron chi connectivity index (χ0n) is 25.9. The van der Waals surface area contributed by atoms with Gasteiger partial charge in [-0.3, -0.25) is 4.79 Å². The standard InChI is InChI=1S/C35H65NO3/c1-3-5-7-9-11-13-15-17-18-19-21-23-25-27-29-31-35(39)36-33(32-37)34(38)30-28-26-24-22-20-16-14-12-10-8-6-4-2/h11,13,17-18,28,30,33-34,37-38H,3-10,12,14-16,19-27,29,31-32H2,1-2H3,(H,36,39)/b13-11-,18-17-,30-28+. The normalized spacial score (nSPS) is 13.6. The van der Waals surface area contributed by atoms with E-state index in [1.54, 1.807) is 6.08 Å². The average molecular weight is 548 g/mol. The Balaban J connectivity index is 3.70. The Morgan fingerprint density at radius 2 is 1.05 bits per heavy atom. The molecule has 0 aromatic heterocycles. The highest BCUT2D eigenvalue weighted by Gasteiger charge is 2.17. The topological polar surface area (TPSA) is 69.6 Å². The number of allylic oxidation sites excluding steroid dienone is 5. The van der Waals surface area contributed by atoms with Gasteiger partial charge in [-0.2, -0.15) is 0 Å². The van der Waals surface area contributed by atoms with Crippen LogP contribution in [0.25, 0.3) is 0 Å². The number of hydrogen-bond acceptors (Lipinski definition) is 3. The van der Waals surface area contributed by atoms with Crippen molar-refractivity contribution >= 4 is 5.91 Å². The Morgan fingerprint density at radius 3 is 1.59 bits per heavy atom. The number of aliphatic hydroxyl groups is 2. The van der Waals surface area contributed by atoms with E-state index in [9.17, 15) is 15.0 Å². The summed E-state index contributed by atoms with van der Waals surface area (Å²) in [5.74, 6) is -0.0816. The molecule has 0 aromatic carbocycles. The van der Waals surface area contributed by atoms with Gasteiger partial charge in [0.05, 0.1) is 18.8 Å². The fourth-order valence-electron chi connectivity index (χ4n) is 4.73. The van der Waals surface area contributed by atoms with Crippen molar-refractivity contribution in [3.05, 3.63) is 36.5 Å². The minimum atomic E-state index is -0.841. The van der Waals surface area contributed by atoms with E-state index in [0.717, 1.165) is 44.9 Å². The molecule has 0 radical (unpaired) electrons. The number of unbranched alkanes of at least 4 members (excludes halogenated alkanes) is 18. The summed E-state index contributed by atoms with van der Waals surface area (Å²) in [5.41, 5.74) is 0. The first-order valence-electron chi connectivity index (χ1n) is 16.7. The summed E-state index contributed by atoms with van der Waals surface area (Å²) < 4.78 is 0. The van der Waals surface area contributed by atoms with Gasteiger partial charge < -0.3 is 15.5 Å². The summed E-state index contributed by atoms with van der Waals surface area (Å²) in [5, 5.41) is 22.8. The fourth-order valence-corrected chi connectivity index (χ4v) is 4.73. The third-order valence-electron chi connectivity index (χ3n) is 7.37. The highest BCUT2D eigenvalue weighted by molar-refractivity contribution is 5.76. The number of carbonyl (C=O) groups excluding carboxylic acids is 1.